The number of alkyl halides is 3. The van der Waals surface area contributed by atoms with Gasteiger partial charge in [0.05, 0.1) is 5.56 Å². The average molecular weight is 458 g/mol. The summed E-state index contributed by atoms with van der Waals surface area (Å²) in [5.41, 5.74) is 3.93. The number of thioether (sulfide) groups is 1. The molecule has 2 amide bonds. The van der Waals surface area contributed by atoms with Crippen molar-refractivity contribution in [2.75, 3.05) is 23.0 Å². The van der Waals surface area contributed by atoms with Crippen LogP contribution >= 0.6 is 11.8 Å². The van der Waals surface area contributed by atoms with Crippen LogP contribution in [-0.2, 0) is 19.0 Å². The van der Waals surface area contributed by atoms with Gasteiger partial charge >= 0.3 is 12.2 Å². The van der Waals surface area contributed by atoms with E-state index in [1.54, 1.807) is 24.7 Å². The molecule has 0 saturated carbocycles. The van der Waals surface area contributed by atoms with E-state index in [1.165, 1.54) is 4.90 Å². The summed E-state index contributed by atoms with van der Waals surface area (Å²) >= 11 is 1.06. The van der Waals surface area contributed by atoms with E-state index in [4.69, 9.17) is 0 Å². The van der Waals surface area contributed by atoms with Crippen molar-refractivity contribution in [1.82, 2.24) is 4.98 Å². The number of carbonyl (C=O) groups excluding carboxylic acids is 1. The maximum Gasteiger partial charge on any atom is 0.417 e. The van der Waals surface area contributed by atoms with Gasteiger partial charge in [-0.05, 0) is 71.7 Å². The maximum absolute atomic E-state index is 13.5. The Morgan fingerprint density at radius 1 is 1.19 bits per heavy atom. The van der Waals surface area contributed by atoms with Gasteiger partial charge in [0.2, 0.25) is 0 Å². The molecule has 2 aromatic carbocycles. The topological polar surface area (TPSA) is 45.2 Å². The molecule has 1 aromatic heterocycles. The summed E-state index contributed by atoms with van der Waals surface area (Å²) in [5, 5.41) is 2.93. The Labute approximate surface area is 188 Å². The highest BCUT2D eigenvalue weighted by atomic mass is 32.2. The molecule has 0 radical (unpaired) electrons. The fraction of sp³-hybridized carbons (Fsp3) is 0.250. The Bertz CT molecular complexity index is 1150. The number of carbonyl (C=O) groups is 1. The molecule has 4 nitrogen and oxygen atoms in total. The summed E-state index contributed by atoms with van der Waals surface area (Å²) in [6.07, 6.45) is 1.77. The lowest BCUT2D eigenvalue weighted by molar-refractivity contribution is -0.139. The van der Waals surface area contributed by atoms with Crippen LogP contribution in [0.15, 0.2) is 59.8 Å². The van der Waals surface area contributed by atoms with Crippen molar-refractivity contribution in [2.45, 2.75) is 30.8 Å². The van der Waals surface area contributed by atoms with Crippen molar-refractivity contribution in [3.63, 3.8) is 0 Å². The summed E-state index contributed by atoms with van der Waals surface area (Å²) < 4.78 is 40.6. The zero-order valence-corrected chi connectivity index (χ0v) is 18.5. The summed E-state index contributed by atoms with van der Waals surface area (Å²) in [6.45, 7) is 2.34. The van der Waals surface area contributed by atoms with Gasteiger partial charge in [0.15, 0.2) is 0 Å². The number of nitrogens with zero attached hydrogens (tertiary/aromatic N) is 2. The standard InChI is InChI=1S/C24H22F3N3OS/c1-3-17-18(15-7-10-28-11-8-15)5-4-6-20(17)29-23(31)30-12-9-16-13-22(32-2)19(14-21(16)30)24(25,26)27/h4-8,10-11,13-14H,3,9,12H2,1-2H3,(H,29,31). The number of amides is 2. The summed E-state index contributed by atoms with van der Waals surface area (Å²) in [7, 11) is 0. The molecule has 0 saturated heterocycles. The minimum Gasteiger partial charge on any atom is -0.307 e. The zero-order chi connectivity index (χ0) is 22.9. The third-order valence-electron chi connectivity index (χ3n) is 5.61. The lowest BCUT2D eigenvalue weighted by Gasteiger charge is -2.22. The first kappa shape index (κ1) is 22.2. The summed E-state index contributed by atoms with van der Waals surface area (Å²) in [4.78, 5) is 18.8. The van der Waals surface area contributed by atoms with E-state index in [2.05, 4.69) is 10.3 Å². The largest absolute Gasteiger partial charge is 0.417 e. The molecule has 0 atom stereocenters. The first-order valence-corrected chi connectivity index (χ1v) is 11.4. The van der Waals surface area contributed by atoms with E-state index in [-0.39, 0.29) is 4.90 Å². The van der Waals surface area contributed by atoms with Gasteiger partial charge in [-0.2, -0.15) is 13.2 Å². The van der Waals surface area contributed by atoms with Crippen molar-refractivity contribution >= 4 is 29.2 Å². The number of rotatable bonds is 4. The Kier molecular flexibility index (Phi) is 6.15. The monoisotopic (exact) mass is 457 g/mol. The lowest BCUT2D eigenvalue weighted by Crippen LogP contribution is -2.33. The Hall–Kier alpha value is -3.00. The minimum atomic E-state index is -4.48. The molecular weight excluding hydrogens is 435 g/mol. The third kappa shape index (κ3) is 4.19. The van der Waals surface area contributed by atoms with Crippen molar-refractivity contribution in [3.05, 3.63) is 71.5 Å². The number of benzene rings is 2. The SMILES string of the molecule is CCc1c(NC(=O)N2CCc3cc(SC)c(C(F)(F)F)cc32)cccc1-c1ccncc1. The molecule has 166 valence electrons. The van der Waals surface area contributed by atoms with Gasteiger partial charge in [0.25, 0.3) is 0 Å². The molecule has 0 spiro atoms. The number of nitrogens with one attached hydrogen (secondary N) is 1. The minimum absolute atomic E-state index is 0.178. The Morgan fingerprint density at radius 3 is 2.59 bits per heavy atom. The fourth-order valence-corrected chi connectivity index (χ4v) is 4.74. The van der Waals surface area contributed by atoms with Gasteiger partial charge in [-0.25, -0.2) is 4.79 Å². The molecule has 0 unspecified atom stereocenters. The highest BCUT2D eigenvalue weighted by molar-refractivity contribution is 7.98. The van der Waals surface area contributed by atoms with Gasteiger partial charge in [-0.1, -0.05) is 19.1 Å². The van der Waals surface area contributed by atoms with Crippen LogP contribution in [0.5, 0.6) is 0 Å². The van der Waals surface area contributed by atoms with Gasteiger partial charge in [0.1, 0.15) is 0 Å². The molecule has 2 heterocycles. The van der Waals surface area contributed by atoms with Gasteiger partial charge in [-0.15, -0.1) is 11.8 Å². The van der Waals surface area contributed by atoms with Crippen LogP contribution in [0.4, 0.5) is 29.3 Å². The van der Waals surface area contributed by atoms with Crippen LogP contribution < -0.4 is 10.2 Å². The van der Waals surface area contributed by atoms with Crippen molar-refractivity contribution in [2.24, 2.45) is 0 Å². The number of halogens is 3. The molecule has 0 fully saturated rings. The first-order valence-electron chi connectivity index (χ1n) is 10.2. The number of hydrogen-bond donors (Lipinski definition) is 1. The van der Waals surface area contributed by atoms with Crippen LogP contribution in [-0.4, -0.2) is 23.8 Å². The molecular formula is C24H22F3N3OS. The lowest BCUT2D eigenvalue weighted by atomic mass is 9.97. The first-order chi connectivity index (χ1) is 15.3. The molecule has 32 heavy (non-hydrogen) atoms. The highest BCUT2D eigenvalue weighted by Gasteiger charge is 2.36. The van der Waals surface area contributed by atoms with Crippen LogP contribution in [0, 0.1) is 0 Å². The highest BCUT2D eigenvalue weighted by Crippen LogP contribution is 2.42. The number of anilines is 2. The van der Waals surface area contributed by atoms with Crippen molar-refractivity contribution in [1.29, 1.82) is 0 Å². The Morgan fingerprint density at radius 2 is 1.94 bits per heavy atom. The molecule has 0 aliphatic carbocycles. The van der Waals surface area contributed by atoms with Gasteiger partial charge < -0.3 is 5.32 Å². The summed E-state index contributed by atoms with van der Waals surface area (Å²) in [5.74, 6) is 0. The van der Waals surface area contributed by atoms with E-state index in [9.17, 15) is 18.0 Å². The average Bonchev–Trinajstić information content (AvgIpc) is 3.21. The molecule has 0 bridgehead atoms. The Balaban J connectivity index is 1.66. The van der Waals surface area contributed by atoms with Crippen molar-refractivity contribution < 1.29 is 18.0 Å². The molecule has 1 aliphatic heterocycles. The number of fused-ring (bicyclic) bond motifs is 1. The molecule has 3 aromatic rings. The second-order valence-electron chi connectivity index (χ2n) is 7.43. The second kappa shape index (κ2) is 8.86. The molecule has 4 rings (SSSR count). The van der Waals surface area contributed by atoms with Gasteiger partial charge in [-0.3, -0.25) is 9.88 Å². The smallest absolute Gasteiger partial charge is 0.307 e. The van der Waals surface area contributed by atoms with E-state index >= 15 is 0 Å². The van der Waals surface area contributed by atoms with E-state index in [0.717, 1.165) is 40.1 Å². The fourth-order valence-electron chi connectivity index (χ4n) is 4.09. The number of pyridine rings is 1. The second-order valence-corrected chi connectivity index (χ2v) is 8.28. The third-order valence-corrected chi connectivity index (χ3v) is 6.39. The van der Waals surface area contributed by atoms with E-state index in [1.807, 2.05) is 37.3 Å². The number of aromatic nitrogens is 1. The van der Waals surface area contributed by atoms with E-state index in [0.29, 0.717) is 30.8 Å². The predicted molar refractivity (Wildman–Crippen MR) is 122 cm³/mol. The maximum atomic E-state index is 13.5. The molecule has 1 aliphatic rings. The molecule has 8 heteroatoms. The van der Waals surface area contributed by atoms with Gasteiger partial charge in [0, 0.05) is 35.2 Å². The van der Waals surface area contributed by atoms with E-state index < -0.39 is 17.8 Å². The normalized spacial score (nSPS) is 13.2. The van der Waals surface area contributed by atoms with Crippen molar-refractivity contribution in [3.8, 4) is 11.1 Å². The molecule has 1 N–H and O–H groups in total. The van der Waals surface area contributed by atoms with Crippen LogP contribution in [0.2, 0.25) is 0 Å². The zero-order valence-electron chi connectivity index (χ0n) is 17.7. The van der Waals surface area contributed by atoms with Crippen LogP contribution in [0.3, 0.4) is 0 Å². The van der Waals surface area contributed by atoms with Crippen LogP contribution in [0.25, 0.3) is 11.1 Å². The number of hydrogen-bond acceptors (Lipinski definition) is 3. The quantitative estimate of drug-likeness (QED) is 0.447. The summed E-state index contributed by atoms with van der Waals surface area (Å²) in [6, 6.07) is 11.7. The number of urea groups is 1. The predicted octanol–water partition coefficient (Wildman–Crippen LogP) is 6.65. The van der Waals surface area contributed by atoms with Crippen LogP contribution in [0.1, 0.15) is 23.6 Å².